The summed E-state index contributed by atoms with van der Waals surface area (Å²) in [6.07, 6.45) is 10.2. The number of methoxy groups -OCH3 is 1. The molecule has 212 valence electrons. The van der Waals surface area contributed by atoms with Crippen molar-refractivity contribution in [3.63, 3.8) is 0 Å². The Morgan fingerprint density at radius 1 is 1.10 bits per heavy atom. The number of aromatic nitrogens is 2. The molecule has 1 fully saturated rings. The number of hydrogen-bond acceptors (Lipinski definition) is 5. The minimum Gasteiger partial charge on any atom is -0.496 e. The van der Waals surface area contributed by atoms with E-state index in [1.807, 2.05) is 44.3 Å². The van der Waals surface area contributed by atoms with Gasteiger partial charge in [0.1, 0.15) is 17.2 Å². The summed E-state index contributed by atoms with van der Waals surface area (Å²) < 4.78 is 11.9. The highest BCUT2D eigenvalue weighted by molar-refractivity contribution is 5.74. The van der Waals surface area contributed by atoms with Gasteiger partial charge in [0.05, 0.1) is 24.9 Å². The number of carbonyl (C=O) groups excluding carboxylic acids is 1. The number of rotatable bonds is 12. The monoisotopic (exact) mass is 541 g/mol. The number of nitrogens with zero attached hydrogens (tertiary/aromatic N) is 2. The molecule has 0 saturated heterocycles. The predicted octanol–water partition coefficient (Wildman–Crippen LogP) is 6.79. The van der Waals surface area contributed by atoms with Crippen molar-refractivity contribution in [3.8, 4) is 17.0 Å². The number of para-hydroxylation sites is 1. The van der Waals surface area contributed by atoms with Crippen LogP contribution in [0.25, 0.3) is 16.8 Å². The molecule has 3 aliphatic rings. The second-order valence-electron chi connectivity index (χ2n) is 11.8. The van der Waals surface area contributed by atoms with Crippen LogP contribution in [0.2, 0.25) is 0 Å². The number of hydrogen-bond donors (Lipinski definition) is 1. The Labute approximate surface area is 238 Å². The molecule has 0 radical (unpaired) electrons. The van der Waals surface area contributed by atoms with Crippen LogP contribution in [0, 0.1) is 17.8 Å². The van der Waals surface area contributed by atoms with Crippen molar-refractivity contribution in [1.82, 2.24) is 14.9 Å². The van der Waals surface area contributed by atoms with Crippen molar-refractivity contribution in [2.75, 3.05) is 27.2 Å². The van der Waals surface area contributed by atoms with Crippen LogP contribution in [0.1, 0.15) is 57.3 Å². The van der Waals surface area contributed by atoms with E-state index in [2.05, 4.69) is 58.3 Å². The second-order valence-corrected chi connectivity index (χ2v) is 11.8. The minimum absolute atomic E-state index is 0.0754. The molecule has 3 aliphatic carbocycles. The van der Waals surface area contributed by atoms with E-state index in [4.69, 9.17) is 9.47 Å². The molecule has 6 rings (SSSR count). The summed E-state index contributed by atoms with van der Waals surface area (Å²) in [4.78, 5) is 23.3. The SMILES string of the molecule is COc1ccccc1-c1cnc(CCCN(C)CC[C@]2(OC(=O)C(C)C)C[C@H]3CC[C@@H]2C=C3c2ccccc2)[nH]1. The largest absolute Gasteiger partial charge is 0.496 e. The van der Waals surface area contributed by atoms with Gasteiger partial charge in [0.2, 0.25) is 0 Å². The number of aryl methyl sites for hydroxylation is 1. The van der Waals surface area contributed by atoms with Crippen LogP contribution in [0.15, 0.2) is 66.9 Å². The molecular weight excluding hydrogens is 498 g/mol. The fourth-order valence-corrected chi connectivity index (χ4v) is 6.41. The van der Waals surface area contributed by atoms with Crippen LogP contribution < -0.4 is 4.74 Å². The van der Waals surface area contributed by atoms with Gasteiger partial charge in [-0.25, -0.2) is 4.98 Å². The number of aromatic amines is 1. The Bertz CT molecular complexity index is 1310. The van der Waals surface area contributed by atoms with Gasteiger partial charge in [0.25, 0.3) is 0 Å². The van der Waals surface area contributed by atoms with E-state index in [0.29, 0.717) is 5.92 Å². The van der Waals surface area contributed by atoms with E-state index in [1.165, 1.54) is 17.6 Å². The fourth-order valence-electron chi connectivity index (χ4n) is 6.41. The first-order chi connectivity index (χ1) is 19.4. The number of carbonyl (C=O) groups is 1. The van der Waals surface area contributed by atoms with Gasteiger partial charge in [-0.05, 0) is 68.5 Å². The molecule has 0 unspecified atom stereocenters. The Morgan fingerprint density at radius 3 is 2.60 bits per heavy atom. The average Bonchev–Trinajstić information content (AvgIpc) is 3.45. The van der Waals surface area contributed by atoms with Crippen LogP contribution in [-0.2, 0) is 16.0 Å². The third-order valence-electron chi connectivity index (χ3n) is 8.69. The molecular formula is C34H43N3O3. The summed E-state index contributed by atoms with van der Waals surface area (Å²) in [5, 5.41) is 0. The molecule has 1 aromatic heterocycles. The van der Waals surface area contributed by atoms with Crippen LogP contribution in [0.5, 0.6) is 5.75 Å². The first kappa shape index (κ1) is 28.2. The number of fused-ring (bicyclic) bond motifs is 2. The number of H-pyrrole nitrogens is 1. The highest BCUT2D eigenvalue weighted by Crippen LogP contribution is 2.53. The van der Waals surface area contributed by atoms with Gasteiger partial charge in [-0.1, -0.05) is 62.4 Å². The number of ether oxygens (including phenoxy) is 2. The lowest BCUT2D eigenvalue weighted by molar-refractivity contribution is -0.176. The molecule has 0 aliphatic heterocycles. The van der Waals surface area contributed by atoms with Gasteiger partial charge >= 0.3 is 5.97 Å². The first-order valence-electron chi connectivity index (χ1n) is 14.7. The predicted molar refractivity (Wildman–Crippen MR) is 160 cm³/mol. The van der Waals surface area contributed by atoms with E-state index in [-0.39, 0.29) is 17.8 Å². The van der Waals surface area contributed by atoms with Gasteiger partial charge in [-0.15, -0.1) is 0 Å². The van der Waals surface area contributed by atoms with Crippen molar-refractivity contribution in [2.45, 2.75) is 58.0 Å². The van der Waals surface area contributed by atoms with Gasteiger partial charge < -0.3 is 19.4 Å². The summed E-state index contributed by atoms with van der Waals surface area (Å²) in [7, 11) is 3.86. The highest BCUT2D eigenvalue weighted by Gasteiger charge is 2.50. The topological polar surface area (TPSA) is 67.5 Å². The second kappa shape index (κ2) is 12.4. The zero-order valence-electron chi connectivity index (χ0n) is 24.4. The molecule has 3 atom stereocenters. The molecule has 6 nitrogen and oxygen atoms in total. The standard InChI is InChI=1S/C34H43N3O3/c1-24(2)33(38)40-34(22-26-16-17-27(34)21-29(26)25-11-6-5-7-12-25)18-20-37(3)19-10-15-32-35-23-30(36-32)28-13-8-9-14-31(28)39-4/h5-9,11-14,21,23-24,26-27H,10,15-20,22H2,1-4H3,(H,35,36)/t26-,27-,34+/m1/s1. The molecule has 6 heteroatoms. The van der Waals surface area contributed by atoms with Crippen molar-refractivity contribution < 1.29 is 14.3 Å². The molecule has 2 bridgehead atoms. The van der Waals surface area contributed by atoms with Crippen LogP contribution in [-0.4, -0.2) is 53.7 Å². The van der Waals surface area contributed by atoms with E-state index in [0.717, 1.165) is 68.0 Å². The van der Waals surface area contributed by atoms with E-state index < -0.39 is 5.60 Å². The maximum atomic E-state index is 12.9. The number of esters is 1. The summed E-state index contributed by atoms with van der Waals surface area (Å²) in [5.41, 5.74) is 4.33. The van der Waals surface area contributed by atoms with Crippen molar-refractivity contribution >= 4 is 11.5 Å². The Morgan fingerprint density at radius 2 is 1.88 bits per heavy atom. The summed E-state index contributed by atoms with van der Waals surface area (Å²) in [6, 6.07) is 18.7. The average molecular weight is 542 g/mol. The molecule has 1 heterocycles. The van der Waals surface area contributed by atoms with E-state index in [9.17, 15) is 4.79 Å². The van der Waals surface area contributed by atoms with E-state index in [1.54, 1.807) is 7.11 Å². The maximum absolute atomic E-state index is 12.9. The zero-order valence-corrected chi connectivity index (χ0v) is 24.4. The maximum Gasteiger partial charge on any atom is 0.308 e. The number of benzene rings is 2. The first-order valence-corrected chi connectivity index (χ1v) is 14.7. The van der Waals surface area contributed by atoms with Crippen LogP contribution in [0.3, 0.4) is 0 Å². The Hall–Kier alpha value is -3.38. The lowest BCUT2D eigenvalue weighted by Crippen LogP contribution is -2.51. The lowest BCUT2D eigenvalue weighted by atomic mass is 9.60. The molecule has 2 aromatic carbocycles. The van der Waals surface area contributed by atoms with Gasteiger partial charge in [-0.3, -0.25) is 4.79 Å². The van der Waals surface area contributed by atoms with Gasteiger partial charge in [0, 0.05) is 30.9 Å². The number of allylic oxidation sites excluding steroid dienone is 1. The van der Waals surface area contributed by atoms with Crippen LogP contribution >= 0.6 is 0 Å². The normalized spacial score (nSPS) is 22.0. The highest BCUT2D eigenvalue weighted by atomic mass is 16.6. The van der Waals surface area contributed by atoms with Crippen molar-refractivity contribution in [3.05, 3.63) is 78.3 Å². The summed E-state index contributed by atoms with van der Waals surface area (Å²) in [6.45, 7) is 5.72. The summed E-state index contributed by atoms with van der Waals surface area (Å²) in [5.74, 6) is 2.33. The molecule has 0 spiro atoms. The Kier molecular flexibility index (Phi) is 8.75. The van der Waals surface area contributed by atoms with Crippen molar-refractivity contribution in [2.24, 2.45) is 17.8 Å². The van der Waals surface area contributed by atoms with Crippen molar-refractivity contribution in [1.29, 1.82) is 0 Å². The Balaban J connectivity index is 1.20. The smallest absolute Gasteiger partial charge is 0.308 e. The quantitative estimate of drug-likeness (QED) is 0.256. The molecule has 3 aromatic rings. The van der Waals surface area contributed by atoms with Gasteiger partial charge in [-0.2, -0.15) is 0 Å². The summed E-state index contributed by atoms with van der Waals surface area (Å²) >= 11 is 0. The van der Waals surface area contributed by atoms with E-state index >= 15 is 0 Å². The van der Waals surface area contributed by atoms with Gasteiger partial charge in [0.15, 0.2) is 0 Å². The molecule has 1 N–H and O–H groups in total. The third kappa shape index (κ3) is 6.17. The zero-order chi connectivity index (χ0) is 28.1. The molecule has 1 saturated carbocycles. The lowest BCUT2D eigenvalue weighted by Gasteiger charge is -2.50. The molecule has 0 amide bonds. The number of nitrogens with one attached hydrogen (secondary N) is 1. The van der Waals surface area contributed by atoms with Crippen LogP contribution in [0.4, 0.5) is 0 Å². The molecule has 40 heavy (non-hydrogen) atoms. The third-order valence-corrected chi connectivity index (χ3v) is 8.69. The minimum atomic E-state index is -0.415. The number of imidazole rings is 1. The fraction of sp³-hybridized carbons (Fsp3) is 0.471.